The highest BCUT2D eigenvalue weighted by atomic mass is 15.1. The summed E-state index contributed by atoms with van der Waals surface area (Å²) in [6.07, 6.45) is 3.85. The van der Waals surface area contributed by atoms with Crippen LogP contribution in [0.1, 0.15) is 55.6 Å². The Morgan fingerprint density at radius 3 is 0.920 bits per heavy atom. The van der Waals surface area contributed by atoms with Crippen LogP contribution in [-0.2, 0) is 10.8 Å². The van der Waals surface area contributed by atoms with Crippen molar-refractivity contribution in [3.63, 3.8) is 0 Å². The van der Waals surface area contributed by atoms with Gasteiger partial charge in [0, 0.05) is 33.5 Å². The van der Waals surface area contributed by atoms with Crippen LogP contribution in [0.2, 0.25) is 0 Å². The van der Waals surface area contributed by atoms with E-state index in [0.29, 0.717) is 0 Å². The van der Waals surface area contributed by atoms with Crippen LogP contribution in [0, 0.1) is 0 Å². The lowest BCUT2D eigenvalue weighted by molar-refractivity contribution is 0.768. The first kappa shape index (κ1) is 52.3. The van der Waals surface area contributed by atoms with Gasteiger partial charge in [-0.2, -0.15) is 0 Å². The van der Waals surface area contributed by atoms with Crippen molar-refractivity contribution < 1.29 is 0 Å². The SMILES string of the molecule is C=Cc1ccc(C2(c3ccccc3)c3ccccc3-c3ccc(N(c4ccccc4)c4ccc(-c5ccc(N(c6ccccc6)c6ccc7c(c6)C(c6ccccc6)(c6ccc(C=C)cc6)c6ccccc6-7)c6ccccc56)c5ccccc45)cc32)cc1. The van der Waals surface area contributed by atoms with E-state index < -0.39 is 10.8 Å². The molecule has 0 N–H and O–H groups in total. The minimum atomic E-state index is -0.585. The normalized spacial score (nSPS) is 15.2. The van der Waals surface area contributed by atoms with Crippen LogP contribution in [-0.4, -0.2) is 0 Å². The molecule has 0 heterocycles. The molecule has 16 rings (SSSR count). The van der Waals surface area contributed by atoms with Crippen LogP contribution in [0.3, 0.4) is 0 Å². The van der Waals surface area contributed by atoms with Crippen LogP contribution in [0.25, 0.3) is 67.1 Å². The van der Waals surface area contributed by atoms with Gasteiger partial charge in [0.1, 0.15) is 0 Å². The molecular weight excluding hydrogens is 1060 g/mol. The van der Waals surface area contributed by atoms with Crippen molar-refractivity contribution in [1.82, 2.24) is 0 Å². The highest BCUT2D eigenvalue weighted by Gasteiger charge is 2.48. The first-order valence-corrected chi connectivity index (χ1v) is 30.4. The predicted octanol–water partition coefficient (Wildman–Crippen LogP) is 22.6. The summed E-state index contributed by atoms with van der Waals surface area (Å²) in [7, 11) is 0. The molecule has 0 saturated heterocycles. The maximum absolute atomic E-state index is 4.11. The van der Waals surface area contributed by atoms with Gasteiger partial charge in [-0.15, -0.1) is 0 Å². The van der Waals surface area contributed by atoms with Gasteiger partial charge in [0.25, 0.3) is 0 Å². The summed E-state index contributed by atoms with van der Waals surface area (Å²) >= 11 is 0. The molecule has 14 aromatic rings. The van der Waals surface area contributed by atoms with E-state index in [1.54, 1.807) is 0 Å². The Kier molecular flexibility index (Phi) is 12.7. The first-order chi connectivity index (χ1) is 43.6. The van der Waals surface area contributed by atoms with Crippen LogP contribution >= 0.6 is 0 Å². The summed E-state index contributed by atoms with van der Waals surface area (Å²) in [6.45, 7) is 8.22. The fraction of sp³-hybridized carbons (Fsp3) is 0.0233. The van der Waals surface area contributed by atoms with E-state index in [0.717, 1.165) is 56.0 Å². The van der Waals surface area contributed by atoms with E-state index >= 15 is 0 Å². The van der Waals surface area contributed by atoms with Gasteiger partial charge in [0.2, 0.25) is 0 Å². The third-order valence-corrected chi connectivity index (χ3v) is 18.7. The van der Waals surface area contributed by atoms with Crippen molar-refractivity contribution in [2.45, 2.75) is 10.8 Å². The number of nitrogens with zero attached hydrogens (tertiary/aromatic N) is 2. The van der Waals surface area contributed by atoms with Gasteiger partial charge in [0.15, 0.2) is 0 Å². The van der Waals surface area contributed by atoms with Crippen LogP contribution in [0.5, 0.6) is 0 Å². The van der Waals surface area contributed by atoms with Crippen molar-refractivity contribution in [1.29, 1.82) is 0 Å². The van der Waals surface area contributed by atoms with E-state index in [1.165, 1.54) is 88.7 Å². The fourth-order valence-electron chi connectivity index (χ4n) is 14.9. The molecule has 0 bridgehead atoms. The standard InChI is InChI=1S/C86H60N2/c1-3-59-41-45-63(46-42-59)85(61-25-9-5-10-26-61)79-39-23-21-35-73(79)75-51-49-67(57-81(75)85)87(65-29-13-7-14-30-65)83-55-53-71(69-33-17-19-37-77(69)83)72-54-56-84(78-38-20-18-34-70(72)78)88(66-31-15-8-16-32-66)68-50-52-76-74-36-22-24-40-80(74)86(82(76)58-68,62-27-11-6-12-28-62)64-47-43-60(4-2)44-48-64/h3-58H,1-2H2. The van der Waals surface area contributed by atoms with Gasteiger partial charge in [0.05, 0.1) is 22.2 Å². The molecule has 14 aromatic carbocycles. The number of hydrogen-bond acceptors (Lipinski definition) is 2. The minimum Gasteiger partial charge on any atom is -0.310 e. The van der Waals surface area contributed by atoms with E-state index in [2.05, 4.69) is 351 Å². The van der Waals surface area contributed by atoms with Crippen molar-refractivity contribution in [3.8, 4) is 33.4 Å². The summed E-state index contributed by atoms with van der Waals surface area (Å²) in [5.41, 5.74) is 24.8. The summed E-state index contributed by atoms with van der Waals surface area (Å²) < 4.78 is 0. The molecule has 0 fully saturated rings. The quantitative estimate of drug-likeness (QED) is 0.114. The zero-order chi connectivity index (χ0) is 58.8. The molecule has 2 heteroatoms. The Labute approximate surface area is 515 Å². The number of fused-ring (bicyclic) bond motifs is 8. The number of para-hydroxylation sites is 2. The molecule has 2 aliphatic carbocycles. The fourth-order valence-corrected chi connectivity index (χ4v) is 14.9. The van der Waals surface area contributed by atoms with Crippen molar-refractivity contribution in [2.24, 2.45) is 0 Å². The van der Waals surface area contributed by atoms with Gasteiger partial charge >= 0.3 is 0 Å². The topological polar surface area (TPSA) is 6.48 Å². The molecule has 0 amide bonds. The summed E-state index contributed by atoms with van der Waals surface area (Å²) in [6, 6.07) is 121. The van der Waals surface area contributed by atoms with Crippen LogP contribution in [0.4, 0.5) is 34.1 Å². The van der Waals surface area contributed by atoms with E-state index in [4.69, 9.17) is 0 Å². The first-order valence-electron chi connectivity index (χ1n) is 30.4. The average Bonchev–Trinajstić information content (AvgIpc) is 1.55. The third kappa shape index (κ3) is 8.03. The molecule has 2 unspecified atom stereocenters. The molecule has 0 aromatic heterocycles. The second-order valence-corrected chi connectivity index (χ2v) is 23.1. The Hall–Kier alpha value is -11.3. The molecule has 0 radical (unpaired) electrons. The lowest BCUT2D eigenvalue weighted by atomic mass is 9.67. The predicted molar refractivity (Wildman–Crippen MR) is 371 cm³/mol. The smallest absolute Gasteiger partial charge is 0.0714 e. The van der Waals surface area contributed by atoms with Gasteiger partial charge in [-0.25, -0.2) is 0 Å². The number of rotatable bonds is 13. The zero-order valence-corrected chi connectivity index (χ0v) is 48.6. The number of anilines is 6. The summed E-state index contributed by atoms with van der Waals surface area (Å²) in [5.74, 6) is 0. The average molecular weight is 1120 g/mol. The van der Waals surface area contributed by atoms with E-state index in [-0.39, 0.29) is 0 Å². The number of hydrogen-bond donors (Lipinski definition) is 0. The molecule has 0 saturated carbocycles. The van der Waals surface area contributed by atoms with E-state index in [9.17, 15) is 0 Å². The van der Waals surface area contributed by atoms with Gasteiger partial charge < -0.3 is 9.80 Å². The summed E-state index contributed by atoms with van der Waals surface area (Å²) in [4.78, 5) is 4.92. The summed E-state index contributed by atoms with van der Waals surface area (Å²) in [5, 5.41) is 4.65. The zero-order valence-electron chi connectivity index (χ0n) is 48.6. The highest BCUT2D eigenvalue weighted by Crippen LogP contribution is 2.60. The Morgan fingerprint density at radius 2 is 0.534 bits per heavy atom. The van der Waals surface area contributed by atoms with E-state index in [1.807, 2.05) is 12.2 Å². The maximum atomic E-state index is 4.11. The molecule has 0 aliphatic heterocycles. The second-order valence-electron chi connectivity index (χ2n) is 23.1. The molecule has 414 valence electrons. The Balaban J connectivity index is 0.864. The van der Waals surface area contributed by atoms with Crippen molar-refractivity contribution in [2.75, 3.05) is 9.80 Å². The monoisotopic (exact) mass is 1120 g/mol. The second kappa shape index (κ2) is 21.3. The lowest BCUT2D eigenvalue weighted by Crippen LogP contribution is -2.28. The van der Waals surface area contributed by atoms with Crippen molar-refractivity contribution >= 4 is 67.8 Å². The molecule has 0 spiro atoms. The highest BCUT2D eigenvalue weighted by molar-refractivity contribution is 6.13. The van der Waals surface area contributed by atoms with Crippen LogP contribution in [0.15, 0.2) is 341 Å². The van der Waals surface area contributed by atoms with Gasteiger partial charge in [-0.1, -0.05) is 292 Å². The lowest BCUT2D eigenvalue weighted by Gasteiger charge is -2.35. The molecule has 2 aliphatic rings. The van der Waals surface area contributed by atoms with Gasteiger partial charge in [-0.05, 0) is 160 Å². The Bertz CT molecular complexity index is 4670. The van der Waals surface area contributed by atoms with Crippen LogP contribution < -0.4 is 9.80 Å². The molecular formula is C86H60N2. The Morgan fingerprint density at radius 1 is 0.227 bits per heavy atom. The third-order valence-electron chi connectivity index (χ3n) is 18.7. The molecule has 2 atom stereocenters. The van der Waals surface area contributed by atoms with Crippen molar-refractivity contribution in [3.05, 3.63) is 396 Å². The minimum absolute atomic E-state index is 0.585. The molecule has 88 heavy (non-hydrogen) atoms. The van der Waals surface area contributed by atoms with Gasteiger partial charge in [-0.3, -0.25) is 0 Å². The largest absolute Gasteiger partial charge is 0.310 e. The molecule has 2 nitrogen and oxygen atoms in total. The maximum Gasteiger partial charge on any atom is 0.0714 e. The number of benzene rings is 14.